The van der Waals surface area contributed by atoms with Crippen molar-refractivity contribution in [1.82, 2.24) is 0 Å². The number of benzene rings is 1. The molecule has 1 aliphatic heterocycles. The summed E-state index contributed by atoms with van der Waals surface area (Å²) < 4.78 is 5.14. The Morgan fingerprint density at radius 3 is 2.72 bits per heavy atom. The zero-order valence-corrected chi connectivity index (χ0v) is 9.64. The average Bonchev–Trinajstić information content (AvgIpc) is 2.92. The molecule has 0 bridgehead atoms. The van der Waals surface area contributed by atoms with Crippen LogP contribution < -0.4 is 5.32 Å². The molecule has 0 aromatic heterocycles. The number of nitrogens with zero attached hydrogens (tertiary/aromatic N) is 2. The number of anilines is 1. The maximum atomic E-state index is 11.8. The summed E-state index contributed by atoms with van der Waals surface area (Å²) in [7, 11) is 0. The standard InChI is InChI=1S/C13H11N3O2/c14-6-9-1-2-12(5-11(9)7-15)16-13(17)10-3-4-18-8-10/h1-2,5,10H,3-4,8H2,(H,16,17). The first-order valence-corrected chi connectivity index (χ1v) is 5.57. The predicted octanol–water partition coefficient (Wildman–Crippen LogP) is 1.40. The number of nitriles is 2. The number of amides is 1. The molecule has 5 nitrogen and oxygen atoms in total. The molecule has 0 saturated carbocycles. The number of carbonyl (C=O) groups is 1. The van der Waals surface area contributed by atoms with Crippen molar-refractivity contribution < 1.29 is 9.53 Å². The summed E-state index contributed by atoms with van der Waals surface area (Å²) in [5, 5.41) is 20.4. The number of carbonyl (C=O) groups excluding carboxylic acids is 1. The van der Waals surface area contributed by atoms with Crippen LogP contribution in [0.25, 0.3) is 0 Å². The van der Waals surface area contributed by atoms with E-state index in [4.69, 9.17) is 15.3 Å². The van der Waals surface area contributed by atoms with Gasteiger partial charge in [0.15, 0.2) is 0 Å². The molecule has 1 saturated heterocycles. The van der Waals surface area contributed by atoms with E-state index in [2.05, 4.69) is 5.32 Å². The summed E-state index contributed by atoms with van der Waals surface area (Å²) in [4.78, 5) is 11.8. The van der Waals surface area contributed by atoms with Crippen LogP contribution in [0.5, 0.6) is 0 Å². The Kier molecular flexibility index (Phi) is 3.57. The van der Waals surface area contributed by atoms with Gasteiger partial charge in [0.1, 0.15) is 12.1 Å². The molecule has 1 amide bonds. The van der Waals surface area contributed by atoms with Crippen LogP contribution in [0.15, 0.2) is 18.2 Å². The third-order valence-corrected chi connectivity index (χ3v) is 2.83. The normalized spacial score (nSPS) is 17.8. The van der Waals surface area contributed by atoms with Gasteiger partial charge >= 0.3 is 0 Å². The van der Waals surface area contributed by atoms with E-state index in [1.165, 1.54) is 12.1 Å². The van der Waals surface area contributed by atoms with Gasteiger partial charge in [-0.05, 0) is 24.6 Å². The monoisotopic (exact) mass is 241 g/mol. The van der Waals surface area contributed by atoms with E-state index in [-0.39, 0.29) is 17.4 Å². The van der Waals surface area contributed by atoms with E-state index in [1.807, 2.05) is 12.1 Å². The van der Waals surface area contributed by atoms with Crippen LogP contribution in [0.1, 0.15) is 17.5 Å². The van der Waals surface area contributed by atoms with Gasteiger partial charge in [0.05, 0.1) is 23.7 Å². The van der Waals surface area contributed by atoms with E-state index in [0.29, 0.717) is 30.9 Å². The Morgan fingerprint density at radius 1 is 1.33 bits per heavy atom. The van der Waals surface area contributed by atoms with E-state index < -0.39 is 0 Å². The Morgan fingerprint density at radius 2 is 2.11 bits per heavy atom. The molecule has 1 atom stereocenters. The Balaban J connectivity index is 2.13. The third-order valence-electron chi connectivity index (χ3n) is 2.83. The van der Waals surface area contributed by atoms with E-state index in [1.54, 1.807) is 6.07 Å². The van der Waals surface area contributed by atoms with Gasteiger partial charge in [-0.2, -0.15) is 10.5 Å². The number of rotatable bonds is 2. The lowest BCUT2D eigenvalue weighted by atomic mass is 10.1. The molecule has 1 fully saturated rings. The maximum absolute atomic E-state index is 11.8. The minimum absolute atomic E-state index is 0.110. The topological polar surface area (TPSA) is 85.9 Å². The molecular weight excluding hydrogens is 230 g/mol. The molecule has 0 spiro atoms. The van der Waals surface area contributed by atoms with Crippen molar-refractivity contribution in [1.29, 1.82) is 10.5 Å². The summed E-state index contributed by atoms with van der Waals surface area (Å²) >= 11 is 0. The number of hydrogen-bond donors (Lipinski definition) is 1. The smallest absolute Gasteiger partial charge is 0.229 e. The lowest BCUT2D eigenvalue weighted by Crippen LogP contribution is -2.22. The first kappa shape index (κ1) is 12.1. The summed E-state index contributed by atoms with van der Waals surface area (Å²) in [6.45, 7) is 1.04. The maximum Gasteiger partial charge on any atom is 0.229 e. The van der Waals surface area contributed by atoms with E-state index >= 15 is 0 Å². The van der Waals surface area contributed by atoms with Gasteiger partial charge in [0.2, 0.25) is 5.91 Å². The third kappa shape index (κ3) is 2.48. The van der Waals surface area contributed by atoms with Crippen LogP contribution in [-0.2, 0) is 9.53 Å². The Labute approximate surface area is 105 Å². The first-order valence-electron chi connectivity index (χ1n) is 5.57. The summed E-state index contributed by atoms with van der Waals surface area (Å²) in [6.07, 6.45) is 0.715. The van der Waals surface area contributed by atoms with Crippen LogP contribution in [0.2, 0.25) is 0 Å². The lowest BCUT2D eigenvalue weighted by Gasteiger charge is -2.09. The first-order chi connectivity index (χ1) is 8.74. The molecule has 2 rings (SSSR count). The summed E-state index contributed by atoms with van der Waals surface area (Å²) in [5.74, 6) is -0.243. The molecule has 18 heavy (non-hydrogen) atoms. The highest BCUT2D eigenvalue weighted by atomic mass is 16.5. The molecule has 0 radical (unpaired) electrons. The highest BCUT2D eigenvalue weighted by molar-refractivity contribution is 5.93. The molecule has 1 N–H and O–H groups in total. The SMILES string of the molecule is N#Cc1ccc(NC(=O)C2CCOC2)cc1C#N. The van der Waals surface area contributed by atoms with Crippen LogP contribution in [0, 0.1) is 28.6 Å². The zero-order chi connectivity index (χ0) is 13.0. The van der Waals surface area contributed by atoms with Crippen molar-refractivity contribution in [3.05, 3.63) is 29.3 Å². The predicted molar refractivity (Wildman–Crippen MR) is 63.4 cm³/mol. The molecule has 1 unspecified atom stereocenters. The van der Waals surface area contributed by atoms with Crippen molar-refractivity contribution >= 4 is 11.6 Å². The van der Waals surface area contributed by atoms with Crippen molar-refractivity contribution in [3.63, 3.8) is 0 Å². The molecular formula is C13H11N3O2. The van der Waals surface area contributed by atoms with Gasteiger partial charge in [-0.25, -0.2) is 0 Å². The Bertz CT molecular complexity index is 548. The summed E-state index contributed by atoms with van der Waals surface area (Å²) in [5.41, 5.74) is 1.10. The van der Waals surface area contributed by atoms with Gasteiger partial charge in [0, 0.05) is 12.3 Å². The van der Waals surface area contributed by atoms with Crippen LogP contribution >= 0.6 is 0 Å². The van der Waals surface area contributed by atoms with Crippen LogP contribution in [0.4, 0.5) is 5.69 Å². The number of ether oxygens (including phenoxy) is 1. The van der Waals surface area contributed by atoms with Crippen molar-refractivity contribution in [2.45, 2.75) is 6.42 Å². The molecule has 1 heterocycles. The van der Waals surface area contributed by atoms with Crippen molar-refractivity contribution in [2.75, 3.05) is 18.5 Å². The average molecular weight is 241 g/mol. The van der Waals surface area contributed by atoms with Crippen LogP contribution in [-0.4, -0.2) is 19.1 Å². The number of hydrogen-bond acceptors (Lipinski definition) is 4. The largest absolute Gasteiger partial charge is 0.381 e. The molecule has 90 valence electrons. The quantitative estimate of drug-likeness (QED) is 0.848. The second-order valence-corrected chi connectivity index (χ2v) is 4.03. The fourth-order valence-electron chi connectivity index (χ4n) is 1.80. The van der Waals surface area contributed by atoms with Crippen molar-refractivity contribution in [2.24, 2.45) is 5.92 Å². The highest BCUT2D eigenvalue weighted by Crippen LogP contribution is 2.18. The number of nitrogens with one attached hydrogen (secondary N) is 1. The zero-order valence-electron chi connectivity index (χ0n) is 9.64. The second kappa shape index (κ2) is 5.31. The minimum atomic E-state index is -0.133. The molecule has 1 aromatic carbocycles. The van der Waals surface area contributed by atoms with Gasteiger partial charge in [0.25, 0.3) is 0 Å². The van der Waals surface area contributed by atoms with Gasteiger partial charge in [-0.15, -0.1) is 0 Å². The fourth-order valence-corrected chi connectivity index (χ4v) is 1.80. The molecule has 1 aliphatic rings. The fraction of sp³-hybridized carbons (Fsp3) is 0.308. The molecule has 1 aromatic rings. The Hall–Kier alpha value is -2.37. The van der Waals surface area contributed by atoms with E-state index in [9.17, 15) is 4.79 Å². The second-order valence-electron chi connectivity index (χ2n) is 4.03. The summed E-state index contributed by atoms with van der Waals surface area (Å²) in [6, 6.07) is 8.51. The van der Waals surface area contributed by atoms with Gasteiger partial charge in [-0.1, -0.05) is 0 Å². The molecule has 5 heteroatoms. The highest BCUT2D eigenvalue weighted by Gasteiger charge is 2.23. The van der Waals surface area contributed by atoms with Gasteiger partial charge in [-0.3, -0.25) is 4.79 Å². The van der Waals surface area contributed by atoms with E-state index in [0.717, 1.165) is 0 Å². The van der Waals surface area contributed by atoms with Crippen LogP contribution in [0.3, 0.4) is 0 Å². The van der Waals surface area contributed by atoms with Gasteiger partial charge < -0.3 is 10.1 Å². The lowest BCUT2D eigenvalue weighted by molar-refractivity contribution is -0.119. The molecule has 0 aliphatic carbocycles. The van der Waals surface area contributed by atoms with Crippen molar-refractivity contribution in [3.8, 4) is 12.1 Å². The minimum Gasteiger partial charge on any atom is -0.381 e.